The Morgan fingerprint density at radius 3 is 2.50 bits per heavy atom. The van der Waals surface area contributed by atoms with Crippen LogP contribution in [0.1, 0.15) is 31.9 Å². The number of hydrogen-bond acceptors (Lipinski definition) is 1. The van der Waals surface area contributed by atoms with E-state index in [4.69, 9.17) is 0 Å². The minimum absolute atomic E-state index is 0.214. The van der Waals surface area contributed by atoms with E-state index in [-0.39, 0.29) is 11.6 Å². The lowest BCUT2D eigenvalue weighted by Crippen LogP contribution is -1.90. The summed E-state index contributed by atoms with van der Waals surface area (Å²) in [6.45, 7) is 9.62. The molecule has 0 radical (unpaired) electrons. The Labute approximate surface area is 108 Å². The summed E-state index contributed by atoms with van der Waals surface area (Å²) in [6, 6.07) is 6.39. The van der Waals surface area contributed by atoms with Gasteiger partial charge < -0.3 is 5.11 Å². The molecule has 2 rings (SSSR count). The van der Waals surface area contributed by atoms with E-state index in [1.165, 1.54) is 12.1 Å². The normalized spacial score (nSPS) is 9.78. The quantitative estimate of drug-likeness (QED) is 0.797. The molecule has 0 bridgehead atoms. The van der Waals surface area contributed by atoms with Gasteiger partial charge in [-0.15, -0.1) is 0 Å². The summed E-state index contributed by atoms with van der Waals surface area (Å²) in [6.07, 6.45) is 2.27. The molecular weight excluding hydrogens is 227 g/mol. The van der Waals surface area contributed by atoms with Crippen molar-refractivity contribution in [2.45, 2.75) is 27.2 Å². The van der Waals surface area contributed by atoms with Crippen LogP contribution < -0.4 is 0 Å². The molecule has 0 unspecified atom stereocenters. The molecule has 0 amide bonds. The highest BCUT2D eigenvalue weighted by atomic mass is 19.1. The molecule has 0 saturated carbocycles. The van der Waals surface area contributed by atoms with Gasteiger partial charge in [0.15, 0.2) is 0 Å². The van der Waals surface area contributed by atoms with Crippen molar-refractivity contribution in [3.63, 3.8) is 0 Å². The van der Waals surface area contributed by atoms with E-state index in [9.17, 15) is 9.50 Å². The molecule has 0 atom stereocenters. The van der Waals surface area contributed by atoms with Crippen molar-refractivity contribution < 1.29 is 9.50 Å². The van der Waals surface area contributed by atoms with Crippen molar-refractivity contribution >= 4 is 16.8 Å². The van der Waals surface area contributed by atoms with Crippen molar-refractivity contribution in [2.75, 3.05) is 0 Å². The number of aryl methyl sites for hydroxylation is 1. The molecule has 18 heavy (non-hydrogen) atoms. The third-order valence-electron chi connectivity index (χ3n) is 2.76. The largest absolute Gasteiger partial charge is 0.508 e. The number of phenolic OH excluding ortho intramolecular Hbond substituents is 1. The molecule has 0 spiro atoms. The molecule has 0 fully saturated rings. The summed E-state index contributed by atoms with van der Waals surface area (Å²) in [7, 11) is 0. The second-order valence-corrected chi connectivity index (χ2v) is 3.72. The molecule has 1 N–H and O–H groups in total. The highest BCUT2D eigenvalue weighted by molar-refractivity contribution is 5.94. The number of halogens is 1. The van der Waals surface area contributed by atoms with Crippen LogP contribution in [0, 0.1) is 5.82 Å². The fourth-order valence-electron chi connectivity index (χ4n) is 2.02. The van der Waals surface area contributed by atoms with Crippen LogP contribution in [0.25, 0.3) is 16.8 Å². The van der Waals surface area contributed by atoms with Gasteiger partial charge in [-0.1, -0.05) is 39.5 Å². The van der Waals surface area contributed by atoms with E-state index in [1.54, 1.807) is 18.2 Å². The van der Waals surface area contributed by atoms with Gasteiger partial charge in [-0.2, -0.15) is 0 Å². The van der Waals surface area contributed by atoms with Gasteiger partial charge in [0.2, 0.25) is 0 Å². The first-order valence-corrected chi connectivity index (χ1v) is 6.24. The maximum atomic E-state index is 13.6. The molecule has 0 aliphatic carbocycles. The molecule has 0 aliphatic rings. The number of hydrogen-bond donors (Lipinski definition) is 1. The standard InChI is InChI=1S/C14H13FO.C2H6/c1-3-9-7-11(16)8-10-5-6-13(15)12(4-2)14(9)10;1-2/h4-8,16H,2-3H2,1H3;1-2H3. The highest BCUT2D eigenvalue weighted by Crippen LogP contribution is 2.30. The smallest absolute Gasteiger partial charge is 0.131 e. The Morgan fingerprint density at radius 2 is 1.94 bits per heavy atom. The molecule has 2 heteroatoms. The van der Waals surface area contributed by atoms with E-state index in [1.807, 2.05) is 20.8 Å². The predicted molar refractivity (Wildman–Crippen MR) is 76.4 cm³/mol. The van der Waals surface area contributed by atoms with Crippen LogP contribution in [-0.2, 0) is 6.42 Å². The van der Waals surface area contributed by atoms with Crippen LogP contribution in [-0.4, -0.2) is 5.11 Å². The van der Waals surface area contributed by atoms with E-state index < -0.39 is 0 Å². The summed E-state index contributed by atoms with van der Waals surface area (Å²) in [4.78, 5) is 0. The lowest BCUT2D eigenvalue weighted by Gasteiger charge is -2.09. The Bertz CT molecular complexity index is 559. The maximum absolute atomic E-state index is 13.6. The van der Waals surface area contributed by atoms with Crippen LogP contribution in [0.3, 0.4) is 0 Å². The van der Waals surface area contributed by atoms with Crippen LogP contribution in [0.2, 0.25) is 0 Å². The van der Waals surface area contributed by atoms with Crippen LogP contribution in [0.15, 0.2) is 30.8 Å². The molecule has 0 aliphatic heterocycles. The number of phenols is 1. The lowest BCUT2D eigenvalue weighted by atomic mass is 9.97. The Morgan fingerprint density at radius 1 is 1.28 bits per heavy atom. The van der Waals surface area contributed by atoms with Gasteiger partial charge in [-0.05, 0) is 41.0 Å². The van der Waals surface area contributed by atoms with Gasteiger partial charge in [0.05, 0.1) is 0 Å². The average molecular weight is 246 g/mol. The number of rotatable bonds is 2. The molecule has 96 valence electrons. The van der Waals surface area contributed by atoms with Gasteiger partial charge >= 0.3 is 0 Å². The molecular formula is C16H19FO. The third kappa shape index (κ3) is 2.53. The maximum Gasteiger partial charge on any atom is 0.131 e. The minimum atomic E-state index is -0.275. The van der Waals surface area contributed by atoms with E-state index in [2.05, 4.69) is 6.58 Å². The van der Waals surface area contributed by atoms with Gasteiger partial charge in [0.25, 0.3) is 0 Å². The van der Waals surface area contributed by atoms with E-state index >= 15 is 0 Å². The van der Waals surface area contributed by atoms with Crippen molar-refractivity contribution in [1.82, 2.24) is 0 Å². The molecule has 1 nitrogen and oxygen atoms in total. The predicted octanol–water partition coefficient (Wildman–Crippen LogP) is 4.92. The summed E-state index contributed by atoms with van der Waals surface area (Å²) < 4.78 is 13.6. The average Bonchev–Trinajstić information content (AvgIpc) is 2.40. The van der Waals surface area contributed by atoms with Gasteiger partial charge in [-0.25, -0.2) is 4.39 Å². The third-order valence-corrected chi connectivity index (χ3v) is 2.76. The highest BCUT2D eigenvalue weighted by Gasteiger charge is 2.09. The fraction of sp³-hybridized carbons (Fsp3) is 0.250. The molecule has 2 aromatic carbocycles. The second kappa shape index (κ2) is 6.20. The topological polar surface area (TPSA) is 20.2 Å². The fourth-order valence-corrected chi connectivity index (χ4v) is 2.02. The minimum Gasteiger partial charge on any atom is -0.508 e. The van der Waals surface area contributed by atoms with Crippen LogP contribution >= 0.6 is 0 Å². The number of fused-ring (bicyclic) bond motifs is 1. The summed E-state index contributed by atoms with van der Waals surface area (Å²) in [5, 5.41) is 11.2. The monoisotopic (exact) mass is 246 g/mol. The van der Waals surface area contributed by atoms with Crippen molar-refractivity contribution in [3.8, 4) is 5.75 Å². The molecule has 0 heterocycles. The van der Waals surface area contributed by atoms with Crippen molar-refractivity contribution in [3.05, 3.63) is 47.8 Å². The molecule has 0 saturated heterocycles. The number of benzene rings is 2. The zero-order valence-electron chi connectivity index (χ0n) is 11.1. The molecule has 0 aromatic heterocycles. The van der Waals surface area contributed by atoms with Crippen molar-refractivity contribution in [2.24, 2.45) is 0 Å². The zero-order valence-corrected chi connectivity index (χ0v) is 11.1. The lowest BCUT2D eigenvalue weighted by molar-refractivity contribution is 0.475. The van der Waals surface area contributed by atoms with E-state index in [0.29, 0.717) is 5.56 Å². The first kappa shape index (κ1) is 14.2. The second-order valence-electron chi connectivity index (χ2n) is 3.72. The Hall–Kier alpha value is -1.83. The Balaban J connectivity index is 0.000000771. The first-order valence-electron chi connectivity index (χ1n) is 6.24. The van der Waals surface area contributed by atoms with Gasteiger partial charge in [0.1, 0.15) is 11.6 Å². The van der Waals surface area contributed by atoms with Gasteiger partial charge in [0, 0.05) is 5.56 Å². The SMILES string of the molecule is C=Cc1c(F)ccc2cc(O)cc(CC)c12.CC. The molecule has 2 aromatic rings. The summed E-state index contributed by atoms with van der Waals surface area (Å²) >= 11 is 0. The Kier molecular flexibility index (Phi) is 4.90. The first-order chi connectivity index (χ1) is 8.67. The number of aromatic hydroxyl groups is 1. The summed E-state index contributed by atoms with van der Waals surface area (Å²) in [5.74, 6) is -0.0612. The zero-order chi connectivity index (χ0) is 13.7. The van der Waals surface area contributed by atoms with E-state index in [0.717, 1.165) is 22.8 Å². The van der Waals surface area contributed by atoms with Gasteiger partial charge in [-0.3, -0.25) is 0 Å². The summed E-state index contributed by atoms with van der Waals surface area (Å²) in [5.41, 5.74) is 1.44. The van der Waals surface area contributed by atoms with Crippen LogP contribution in [0.5, 0.6) is 5.75 Å². The van der Waals surface area contributed by atoms with Crippen molar-refractivity contribution in [1.29, 1.82) is 0 Å². The van der Waals surface area contributed by atoms with Crippen LogP contribution in [0.4, 0.5) is 4.39 Å².